The van der Waals surface area contributed by atoms with E-state index >= 15 is 0 Å². The monoisotopic (exact) mass is 362 g/mol. The summed E-state index contributed by atoms with van der Waals surface area (Å²) < 4.78 is 33.0. The number of ether oxygens (including phenoxy) is 5. The lowest BCUT2D eigenvalue weighted by Gasteiger charge is -2.45. The van der Waals surface area contributed by atoms with E-state index in [9.17, 15) is 9.59 Å². The molecule has 2 aliphatic rings. The molecule has 4 rings (SSSR count). The van der Waals surface area contributed by atoms with E-state index in [0.29, 0.717) is 11.3 Å². The predicted molar refractivity (Wildman–Crippen MR) is 88.0 cm³/mol. The fourth-order valence-electron chi connectivity index (χ4n) is 3.42. The van der Waals surface area contributed by atoms with Crippen LogP contribution in [0.4, 0.5) is 4.79 Å². The van der Waals surface area contributed by atoms with E-state index in [-0.39, 0.29) is 0 Å². The van der Waals surface area contributed by atoms with Crippen LogP contribution < -0.4 is 10.4 Å². The minimum atomic E-state index is -0.902. The van der Waals surface area contributed by atoms with Gasteiger partial charge in [-0.25, -0.2) is 9.59 Å². The zero-order valence-corrected chi connectivity index (χ0v) is 14.5. The van der Waals surface area contributed by atoms with Crippen LogP contribution in [0.1, 0.15) is 13.8 Å². The molecule has 0 saturated carbocycles. The first-order valence-electron chi connectivity index (χ1n) is 8.16. The maximum absolute atomic E-state index is 11.6. The summed E-state index contributed by atoms with van der Waals surface area (Å²) in [4.78, 5) is 23.0. The minimum absolute atomic E-state index is 0.385. The molecule has 8 nitrogen and oxygen atoms in total. The molecule has 1 aromatic heterocycles. The Morgan fingerprint density at radius 3 is 2.54 bits per heavy atom. The smallest absolute Gasteiger partial charge is 0.461 e. The zero-order chi connectivity index (χ0) is 18.5. The third-order valence-corrected chi connectivity index (χ3v) is 4.56. The highest BCUT2D eigenvalue weighted by Gasteiger charge is 2.58. The van der Waals surface area contributed by atoms with Gasteiger partial charge in [0.05, 0.1) is 5.60 Å². The second-order valence-corrected chi connectivity index (χ2v) is 6.73. The first kappa shape index (κ1) is 16.9. The second-order valence-electron chi connectivity index (χ2n) is 6.73. The Bertz CT molecular complexity index is 901. The summed E-state index contributed by atoms with van der Waals surface area (Å²) in [5.41, 5.74) is -0.847. The molecule has 138 valence electrons. The summed E-state index contributed by atoms with van der Waals surface area (Å²) in [5, 5.41) is 0.759. The van der Waals surface area contributed by atoms with Crippen LogP contribution in [0, 0.1) is 0 Å². The van der Waals surface area contributed by atoms with E-state index in [1.54, 1.807) is 24.3 Å². The third-order valence-electron chi connectivity index (χ3n) is 4.56. The van der Waals surface area contributed by atoms with Gasteiger partial charge in [0.25, 0.3) is 0 Å². The highest BCUT2D eigenvalue weighted by molar-refractivity contribution is 5.77. The van der Waals surface area contributed by atoms with Gasteiger partial charge in [-0.3, -0.25) is 0 Å². The van der Waals surface area contributed by atoms with Crippen molar-refractivity contribution in [2.75, 3.05) is 7.11 Å². The van der Waals surface area contributed by atoms with E-state index in [2.05, 4.69) is 0 Å². The number of fused-ring (bicyclic) bond motifs is 2. The summed E-state index contributed by atoms with van der Waals surface area (Å²) in [6.07, 6.45) is -3.63. The van der Waals surface area contributed by atoms with Gasteiger partial charge in [-0.2, -0.15) is 0 Å². The summed E-state index contributed by atoms with van der Waals surface area (Å²) in [6, 6.07) is 8.07. The van der Waals surface area contributed by atoms with Gasteiger partial charge >= 0.3 is 11.8 Å². The SMILES string of the molecule is COC1[C@@H]2OC(=O)O[C@@H]2[C@H](Oc2ccc3ccc(=O)oc3c2)OC1(C)C. The van der Waals surface area contributed by atoms with Gasteiger partial charge in [-0.1, -0.05) is 0 Å². The highest BCUT2D eigenvalue weighted by atomic mass is 16.8. The molecule has 0 amide bonds. The van der Waals surface area contributed by atoms with E-state index in [0.717, 1.165) is 5.39 Å². The van der Waals surface area contributed by atoms with Crippen LogP contribution in [0.3, 0.4) is 0 Å². The third kappa shape index (κ3) is 2.81. The molecule has 2 aliphatic heterocycles. The minimum Gasteiger partial charge on any atom is -0.461 e. The molecule has 26 heavy (non-hydrogen) atoms. The van der Waals surface area contributed by atoms with Crippen LogP contribution in [0.2, 0.25) is 0 Å². The molecule has 2 aromatic rings. The maximum atomic E-state index is 11.6. The quantitative estimate of drug-likeness (QED) is 0.606. The van der Waals surface area contributed by atoms with Gasteiger partial charge in [0.2, 0.25) is 12.4 Å². The zero-order valence-electron chi connectivity index (χ0n) is 14.5. The molecule has 8 heteroatoms. The van der Waals surface area contributed by atoms with Crippen molar-refractivity contribution in [3.05, 3.63) is 40.8 Å². The molecular weight excluding hydrogens is 344 g/mol. The van der Waals surface area contributed by atoms with Gasteiger partial charge in [0.1, 0.15) is 17.4 Å². The van der Waals surface area contributed by atoms with Crippen molar-refractivity contribution in [3.63, 3.8) is 0 Å². The lowest BCUT2D eigenvalue weighted by atomic mass is 9.89. The largest absolute Gasteiger partial charge is 0.509 e. The van der Waals surface area contributed by atoms with Crippen molar-refractivity contribution in [2.24, 2.45) is 0 Å². The molecule has 0 aliphatic carbocycles. The molecule has 2 fully saturated rings. The van der Waals surface area contributed by atoms with Crippen molar-refractivity contribution in [1.82, 2.24) is 0 Å². The van der Waals surface area contributed by atoms with Crippen molar-refractivity contribution < 1.29 is 32.9 Å². The average molecular weight is 362 g/mol. The molecule has 0 bridgehead atoms. The van der Waals surface area contributed by atoms with Gasteiger partial charge in [-0.05, 0) is 32.0 Å². The molecule has 4 atom stereocenters. The Morgan fingerprint density at radius 2 is 1.77 bits per heavy atom. The molecule has 1 unspecified atom stereocenters. The van der Waals surface area contributed by atoms with Crippen LogP contribution in [-0.2, 0) is 18.9 Å². The molecule has 2 saturated heterocycles. The average Bonchev–Trinajstić information content (AvgIpc) is 2.95. The first-order chi connectivity index (χ1) is 12.4. The number of hydrogen-bond donors (Lipinski definition) is 0. The summed E-state index contributed by atoms with van der Waals surface area (Å²) in [5.74, 6) is 0.408. The molecule has 0 spiro atoms. The van der Waals surface area contributed by atoms with Crippen LogP contribution >= 0.6 is 0 Å². The number of benzene rings is 1. The summed E-state index contributed by atoms with van der Waals surface area (Å²) in [6.45, 7) is 3.64. The molecule has 3 heterocycles. The molecule has 1 aromatic carbocycles. The fraction of sp³-hybridized carbons (Fsp3) is 0.444. The number of hydrogen-bond acceptors (Lipinski definition) is 8. The van der Waals surface area contributed by atoms with E-state index in [4.69, 9.17) is 28.1 Å². The second kappa shape index (κ2) is 6.00. The topological polar surface area (TPSA) is 93.4 Å². The maximum Gasteiger partial charge on any atom is 0.509 e. The Morgan fingerprint density at radius 1 is 1.04 bits per heavy atom. The highest BCUT2D eigenvalue weighted by Crippen LogP contribution is 2.38. The van der Waals surface area contributed by atoms with Crippen LogP contribution in [0.5, 0.6) is 5.75 Å². The Kier molecular flexibility index (Phi) is 3.89. The molecular formula is C18H18O8. The predicted octanol–water partition coefficient (Wildman–Crippen LogP) is 2.23. The Balaban J connectivity index is 1.64. The Labute approximate surface area is 148 Å². The van der Waals surface area contributed by atoms with Crippen molar-refractivity contribution in [3.8, 4) is 5.75 Å². The summed E-state index contributed by atoms with van der Waals surface area (Å²) in [7, 11) is 1.52. The lowest BCUT2D eigenvalue weighted by molar-refractivity contribution is -0.282. The molecule has 0 radical (unpaired) electrons. The summed E-state index contributed by atoms with van der Waals surface area (Å²) >= 11 is 0. The van der Waals surface area contributed by atoms with Gasteiger partial charge in [0.15, 0.2) is 6.10 Å². The van der Waals surface area contributed by atoms with E-state index < -0.39 is 42.0 Å². The van der Waals surface area contributed by atoms with Crippen molar-refractivity contribution >= 4 is 17.1 Å². The van der Waals surface area contributed by atoms with Gasteiger partial charge in [-0.15, -0.1) is 0 Å². The number of methoxy groups -OCH3 is 1. The number of carbonyl (C=O) groups is 1. The van der Waals surface area contributed by atoms with Gasteiger partial charge in [0, 0.05) is 24.6 Å². The van der Waals surface area contributed by atoms with Crippen molar-refractivity contribution in [2.45, 2.75) is 44.1 Å². The fourth-order valence-corrected chi connectivity index (χ4v) is 3.42. The number of rotatable bonds is 3. The Hall–Kier alpha value is -2.58. The standard InChI is InChI=1S/C18H18O8/c1-18(2)15(21-3)13-14(25-17(20)24-13)16(26-18)22-10-6-4-9-5-7-12(19)23-11(9)8-10/h4-8,13-16H,1-3H3/t13-,14+,15?,16-/m1/s1. The first-order valence-corrected chi connectivity index (χ1v) is 8.16. The van der Waals surface area contributed by atoms with Crippen LogP contribution in [-0.4, -0.2) is 43.5 Å². The van der Waals surface area contributed by atoms with Crippen LogP contribution in [0.25, 0.3) is 11.0 Å². The number of carbonyl (C=O) groups excluding carboxylic acids is 1. The van der Waals surface area contributed by atoms with E-state index in [1.807, 2.05) is 13.8 Å². The molecule has 0 N–H and O–H groups in total. The van der Waals surface area contributed by atoms with Gasteiger partial charge < -0.3 is 28.1 Å². The van der Waals surface area contributed by atoms with Crippen LogP contribution in [0.15, 0.2) is 39.5 Å². The van der Waals surface area contributed by atoms with Crippen molar-refractivity contribution in [1.29, 1.82) is 0 Å². The normalized spacial score (nSPS) is 29.7. The lowest BCUT2D eigenvalue weighted by Crippen LogP contribution is -2.62. The van der Waals surface area contributed by atoms with E-state index in [1.165, 1.54) is 13.2 Å².